The second-order valence-corrected chi connectivity index (χ2v) is 8.96. The van der Waals surface area contributed by atoms with Gasteiger partial charge in [0, 0.05) is 31.7 Å². The zero-order valence-corrected chi connectivity index (χ0v) is 16.0. The van der Waals surface area contributed by atoms with Gasteiger partial charge in [-0.15, -0.1) is 0 Å². The minimum Gasteiger partial charge on any atom is -0.336 e. The van der Waals surface area contributed by atoms with Crippen molar-refractivity contribution in [1.29, 1.82) is 0 Å². The monoisotopic (exact) mass is 406 g/mol. The number of benzene rings is 2. The molecule has 2 aliphatic rings. The summed E-state index contributed by atoms with van der Waals surface area (Å²) in [5.74, 6) is -2.38. The van der Waals surface area contributed by atoms with Crippen LogP contribution in [0.25, 0.3) is 0 Å². The Morgan fingerprint density at radius 3 is 2.21 bits per heavy atom. The summed E-state index contributed by atoms with van der Waals surface area (Å²) in [4.78, 5) is 13.4. The SMILES string of the molecule is O=C(c1ccc2c(c1)CCC2)N1CCN(S(=O)(=O)c2c(F)cccc2F)CC1. The molecule has 1 aliphatic carbocycles. The Kier molecular flexibility index (Phi) is 4.93. The van der Waals surface area contributed by atoms with Crippen molar-refractivity contribution in [2.45, 2.75) is 24.2 Å². The second-order valence-electron chi connectivity index (χ2n) is 7.08. The van der Waals surface area contributed by atoms with Gasteiger partial charge in [-0.3, -0.25) is 4.79 Å². The van der Waals surface area contributed by atoms with Gasteiger partial charge >= 0.3 is 0 Å². The molecule has 0 radical (unpaired) electrons. The summed E-state index contributed by atoms with van der Waals surface area (Å²) in [6.45, 7) is 0.329. The largest absolute Gasteiger partial charge is 0.336 e. The van der Waals surface area contributed by atoms with Gasteiger partial charge in [0.05, 0.1) is 0 Å². The summed E-state index contributed by atoms with van der Waals surface area (Å²) in [6.07, 6.45) is 3.10. The van der Waals surface area contributed by atoms with Crippen LogP contribution < -0.4 is 0 Å². The van der Waals surface area contributed by atoms with Gasteiger partial charge in [-0.05, 0) is 54.7 Å². The first-order chi connectivity index (χ1) is 13.4. The number of hydrogen-bond donors (Lipinski definition) is 0. The summed E-state index contributed by atoms with van der Waals surface area (Å²) in [7, 11) is -4.30. The molecule has 2 aromatic rings. The van der Waals surface area contributed by atoms with Crippen molar-refractivity contribution in [2.24, 2.45) is 0 Å². The molecule has 0 atom stereocenters. The first-order valence-electron chi connectivity index (χ1n) is 9.23. The fourth-order valence-electron chi connectivity index (χ4n) is 3.88. The van der Waals surface area contributed by atoms with E-state index in [9.17, 15) is 22.0 Å². The van der Waals surface area contributed by atoms with Crippen LogP contribution in [-0.2, 0) is 22.9 Å². The van der Waals surface area contributed by atoms with Crippen LogP contribution in [0, 0.1) is 11.6 Å². The lowest BCUT2D eigenvalue weighted by Gasteiger charge is -2.34. The highest BCUT2D eigenvalue weighted by molar-refractivity contribution is 7.89. The van der Waals surface area contributed by atoms with E-state index in [1.807, 2.05) is 18.2 Å². The zero-order chi connectivity index (χ0) is 19.9. The fourth-order valence-corrected chi connectivity index (χ4v) is 5.41. The van der Waals surface area contributed by atoms with Crippen LogP contribution in [0.5, 0.6) is 0 Å². The van der Waals surface area contributed by atoms with E-state index in [-0.39, 0.29) is 32.1 Å². The number of amides is 1. The molecule has 0 aromatic heterocycles. The van der Waals surface area contributed by atoms with Crippen molar-refractivity contribution in [1.82, 2.24) is 9.21 Å². The van der Waals surface area contributed by atoms with Crippen LogP contribution >= 0.6 is 0 Å². The van der Waals surface area contributed by atoms with E-state index < -0.39 is 26.6 Å². The number of carbonyl (C=O) groups excluding carboxylic acids is 1. The van der Waals surface area contributed by atoms with Crippen LogP contribution in [0.2, 0.25) is 0 Å². The van der Waals surface area contributed by atoms with Gasteiger partial charge in [0.1, 0.15) is 11.6 Å². The van der Waals surface area contributed by atoms with E-state index in [1.165, 1.54) is 11.1 Å². The Balaban J connectivity index is 1.48. The maximum atomic E-state index is 13.9. The van der Waals surface area contributed by atoms with E-state index in [0.29, 0.717) is 5.56 Å². The summed E-state index contributed by atoms with van der Waals surface area (Å²) in [5, 5.41) is 0. The maximum Gasteiger partial charge on any atom is 0.253 e. The number of halogens is 2. The molecule has 0 spiro atoms. The molecule has 4 rings (SSSR count). The molecule has 0 bridgehead atoms. The molecule has 148 valence electrons. The summed E-state index contributed by atoms with van der Waals surface area (Å²) in [6, 6.07) is 8.67. The predicted octanol–water partition coefficient (Wildman–Crippen LogP) is 2.60. The molecule has 1 fully saturated rings. The highest BCUT2D eigenvalue weighted by Crippen LogP contribution is 2.25. The molecule has 1 amide bonds. The molecule has 28 heavy (non-hydrogen) atoms. The van der Waals surface area contributed by atoms with Crippen molar-refractivity contribution in [2.75, 3.05) is 26.2 Å². The average Bonchev–Trinajstić information content (AvgIpc) is 3.15. The van der Waals surface area contributed by atoms with Gasteiger partial charge in [-0.2, -0.15) is 4.31 Å². The van der Waals surface area contributed by atoms with Gasteiger partial charge in [-0.1, -0.05) is 12.1 Å². The van der Waals surface area contributed by atoms with Crippen LogP contribution in [0.3, 0.4) is 0 Å². The number of nitrogens with zero attached hydrogens (tertiary/aromatic N) is 2. The molecule has 5 nitrogen and oxygen atoms in total. The topological polar surface area (TPSA) is 57.7 Å². The van der Waals surface area contributed by atoms with Gasteiger partial charge in [0.15, 0.2) is 4.90 Å². The summed E-state index contributed by atoms with van der Waals surface area (Å²) >= 11 is 0. The van der Waals surface area contributed by atoms with Gasteiger partial charge in [-0.25, -0.2) is 17.2 Å². The van der Waals surface area contributed by atoms with Crippen molar-refractivity contribution < 1.29 is 22.0 Å². The van der Waals surface area contributed by atoms with Crippen molar-refractivity contribution >= 4 is 15.9 Å². The van der Waals surface area contributed by atoms with Crippen LogP contribution in [0.15, 0.2) is 41.3 Å². The molecule has 1 saturated heterocycles. The Hall–Kier alpha value is -2.32. The molecule has 1 heterocycles. The van der Waals surface area contributed by atoms with E-state index in [2.05, 4.69) is 0 Å². The highest BCUT2D eigenvalue weighted by Gasteiger charge is 2.34. The molecule has 0 unspecified atom stereocenters. The Labute approximate surface area is 162 Å². The third kappa shape index (κ3) is 3.31. The lowest BCUT2D eigenvalue weighted by atomic mass is 10.1. The minimum absolute atomic E-state index is 0.00715. The number of rotatable bonds is 3. The molecular formula is C20H20F2N2O3S. The number of piperazine rings is 1. The molecule has 2 aromatic carbocycles. The normalized spacial score (nSPS) is 17.6. The van der Waals surface area contributed by atoms with Gasteiger partial charge in [0.25, 0.3) is 5.91 Å². The third-order valence-electron chi connectivity index (χ3n) is 5.39. The Bertz CT molecular complexity index is 1010. The molecule has 8 heteroatoms. The molecule has 1 aliphatic heterocycles. The molecule has 0 saturated carbocycles. The zero-order valence-electron chi connectivity index (χ0n) is 15.2. The van der Waals surface area contributed by atoms with Crippen molar-refractivity contribution in [3.63, 3.8) is 0 Å². The second kappa shape index (κ2) is 7.25. The number of fused-ring (bicyclic) bond motifs is 1. The van der Waals surface area contributed by atoms with Crippen LogP contribution in [-0.4, -0.2) is 49.7 Å². The first-order valence-corrected chi connectivity index (χ1v) is 10.7. The van der Waals surface area contributed by atoms with Crippen molar-refractivity contribution in [3.8, 4) is 0 Å². The summed E-state index contributed by atoms with van der Waals surface area (Å²) < 4.78 is 54.2. The summed E-state index contributed by atoms with van der Waals surface area (Å²) in [5.41, 5.74) is 3.07. The van der Waals surface area contributed by atoms with E-state index >= 15 is 0 Å². The highest BCUT2D eigenvalue weighted by atomic mass is 32.2. The number of aryl methyl sites for hydroxylation is 2. The average molecular weight is 406 g/mol. The van der Waals surface area contributed by atoms with E-state index in [4.69, 9.17) is 0 Å². The lowest BCUT2D eigenvalue weighted by Crippen LogP contribution is -2.50. The van der Waals surface area contributed by atoms with Crippen molar-refractivity contribution in [3.05, 3.63) is 64.7 Å². The smallest absolute Gasteiger partial charge is 0.253 e. The predicted molar refractivity (Wildman–Crippen MR) is 99.5 cm³/mol. The first kappa shape index (κ1) is 19.0. The van der Waals surface area contributed by atoms with E-state index in [0.717, 1.165) is 41.8 Å². The number of carbonyl (C=O) groups is 1. The quantitative estimate of drug-likeness (QED) is 0.787. The lowest BCUT2D eigenvalue weighted by molar-refractivity contribution is 0.0697. The van der Waals surface area contributed by atoms with Gasteiger partial charge in [0.2, 0.25) is 10.0 Å². The van der Waals surface area contributed by atoms with E-state index in [1.54, 1.807) is 4.90 Å². The van der Waals surface area contributed by atoms with Crippen LogP contribution in [0.4, 0.5) is 8.78 Å². The Morgan fingerprint density at radius 1 is 0.893 bits per heavy atom. The third-order valence-corrected chi connectivity index (χ3v) is 7.34. The van der Waals surface area contributed by atoms with Gasteiger partial charge < -0.3 is 4.90 Å². The number of hydrogen-bond acceptors (Lipinski definition) is 3. The van der Waals surface area contributed by atoms with Crippen LogP contribution in [0.1, 0.15) is 27.9 Å². The fraction of sp³-hybridized carbons (Fsp3) is 0.350. The molecular weight excluding hydrogens is 386 g/mol. The minimum atomic E-state index is -4.30. The maximum absolute atomic E-state index is 13.9. The number of sulfonamides is 1. The Morgan fingerprint density at radius 2 is 1.54 bits per heavy atom. The standard InChI is InChI=1S/C20H20F2N2O3S/c21-17-5-2-6-18(22)19(17)28(26,27)24-11-9-23(10-12-24)20(25)16-8-7-14-3-1-4-15(14)13-16/h2,5-8,13H,1,3-4,9-12H2. The molecule has 0 N–H and O–H groups in total.